The van der Waals surface area contributed by atoms with Gasteiger partial charge in [-0.1, -0.05) is 36.5 Å². The van der Waals surface area contributed by atoms with Gasteiger partial charge in [-0.2, -0.15) is 0 Å². The number of pyridine rings is 1. The molecule has 0 atom stereocenters. The highest BCUT2D eigenvalue weighted by Crippen LogP contribution is 2.25. The first-order valence-electron chi connectivity index (χ1n) is 7.06. The molecular weight excluding hydrogens is 321 g/mol. The number of rotatable bonds is 6. The Morgan fingerprint density at radius 1 is 1.14 bits per heavy atom. The van der Waals surface area contributed by atoms with Crippen LogP contribution >= 0.6 is 23.2 Å². The van der Waals surface area contributed by atoms with Gasteiger partial charge in [0.15, 0.2) is 0 Å². The maximum Gasteiger partial charge on any atom is 0.225 e. The van der Waals surface area contributed by atoms with Crippen LogP contribution < -0.4 is 10.6 Å². The van der Waals surface area contributed by atoms with Crippen molar-refractivity contribution < 1.29 is 4.79 Å². The van der Waals surface area contributed by atoms with Crippen molar-refractivity contribution in [3.63, 3.8) is 0 Å². The topological polar surface area (TPSA) is 54.0 Å². The first kappa shape index (κ1) is 16.6. The van der Waals surface area contributed by atoms with Crippen LogP contribution in [0.5, 0.6) is 0 Å². The van der Waals surface area contributed by atoms with Crippen molar-refractivity contribution in [3.8, 4) is 0 Å². The van der Waals surface area contributed by atoms with E-state index in [0.29, 0.717) is 22.3 Å². The van der Waals surface area contributed by atoms with Gasteiger partial charge in [0.25, 0.3) is 0 Å². The zero-order valence-corrected chi connectivity index (χ0v) is 13.7. The molecule has 0 aliphatic rings. The Morgan fingerprint density at radius 3 is 2.45 bits per heavy atom. The molecule has 22 heavy (non-hydrogen) atoms. The van der Waals surface area contributed by atoms with E-state index in [2.05, 4.69) is 15.6 Å². The maximum absolute atomic E-state index is 11.6. The lowest BCUT2D eigenvalue weighted by atomic mass is 10.2. The SMILES string of the molecule is CCCCC(=O)Nc1ccc(Nc2cc(Cl)cc(Cl)c2)cn1. The van der Waals surface area contributed by atoms with Crippen LogP contribution in [0.15, 0.2) is 36.5 Å². The molecule has 0 unspecified atom stereocenters. The average Bonchev–Trinajstić information content (AvgIpc) is 2.46. The number of nitrogens with zero attached hydrogens (tertiary/aromatic N) is 1. The van der Waals surface area contributed by atoms with Gasteiger partial charge < -0.3 is 10.6 Å². The molecule has 0 saturated carbocycles. The Morgan fingerprint density at radius 2 is 1.86 bits per heavy atom. The summed E-state index contributed by atoms with van der Waals surface area (Å²) in [5.74, 6) is 0.521. The zero-order chi connectivity index (χ0) is 15.9. The molecule has 6 heteroatoms. The van der Waals surface area contributed by atoms with E-state index in [0.717, 1.165) is 24.2 Å². The molecule has 1 aromatic carbocycles. The zero-order valence-electron chi connectivity index (χ0n) is 12.2. The number of carbonyl (C=O) groups excluding carboxylic acids is 1. The van der Waals surface area contributed by atoms with E-state index in [9.17, 15) is 4.79 Å². The molecule has 0 bridgehead atoms. The number of halogens is 2. The summed E-state index contributed by atoms with van der Waals surface area (Å²) in [6, 6.07) is 8.79. The second-order valence-electron chi connectivity index (χ2n) is 4.87. The number of hydrogen-bond acceptors (Lipinski definition) is 3. The number of benzene rings is 1. The van der Waals surface area contributed by atoms with Gasteiger partial charge in [-0.25, -0.2) is 4.98 Å². The van der Waals surface area contributed by atoms with E-state index in [-0.39, 0.29) is 5.91 Å². The van der Waals surface area contributed by atoms with Gasteiger partial charge in [-0.05, 0) is 36.8 Å². The smallest absolute Gasteiger partial charge is 0.225 e. The minimum Gasteiger partial charge on any atom is -0.354 e. The molecule has 0 saturated heterocycles. The van der Waals surface area contributed by atoms with Crippen LogP contribution in [0, 0.1) is 0 Å². The van der Waals surface area contributed by atoms with Crippen molar-refractivity contribution >= 4 is 46.3 Å². The third-order valence-electron chi connectivity index (χ3n) is 2.94. The standard InChI is InChI=1S/C16H17Cl2N3O/c1-2-3-4-16(22)21-15-6-5-13(10-19-15)20-14-8-11(17)7-12(18)9-14/h5-10,20H,2-4H2,1H3,(H,19,21,22). The second-order valence-corrected chi connectivity index (χ2v) is 5.74. The highest BCUT2D eigenvalue weighted by atomic mass is 35.5. The first-order chi connectivity index (χ1) is 10.6. The Balaban J connectivity index is 1.98. The highest BCUT2D eigenvalue weighted by molar-refractivity contribution is 6.35. The third-order valence-corrected chi connectivity index (χ3v) is 3.38. The van der Waals surface area contributed by atoms with Gasteiger partial charge in [-0.3, -0.25) is 4.79 Å². The van der Waals surface area contributed by atoms with Crippen LogP contribution in [0.4, 0.5) is 17.2 Å². The van der Waals surface area contributed by atoms with E-state index >= 15 is 0 Å². The summed E-state index contributed by atoms with van der Waals surface area (Å²) in [5, 5.41) is 7.04. The number of nitrogens with one attached hydrogen (secondary N) is 2. The van der Waals surface area contributed by atoms with E-state index in [1.54, 1.807) is 30.5 Å². The Labute approximate surface area is 139 Å². The molecule has 1 heterocycles. The van der Waals surface area contributed by atoms with Crippen molar-refractivity contribution in [1.82, 2.24) is 4.98 Å². The monoisotopic (exact) mass is 337 g/mol. The summed E-state index contributed by atoms with van der Waals surface area (Å²) < 4.78 is 0. The molecule has 2 N–H and O–H groups in total. The molecule has 116 valence electrons. The molecule has 0 radical (unpaired) electrons. The molecule has 1 aromatic heterocycles. The van der Waals surface area contributed by atoms with E-state index in [1.807, 2.05) is 13.0 Å². The Bertz CT molecular complexity index is 624. The van der Waals surface area contributed by atoms with Crippen molar-refractivity contribution in [2.75, 3.05) is 10.6 Å². The predicted octanol–water partition coefficient (Wildman–Crippen LogP) is 5.26. The van der Waals surface area contributed by atoms with Crippen LogP contribution in [-0.2, 0) is 4.79 Å². The fourth-order valence-corrected chi connectivity index (χ4v) is 2.40. The number of carbonyl (C=O) groups is 1. The number of hydrogen-bond donors (Lipinski definition) is 2. The summed E-state index contributed by atoms with van der Waals surface area (Å²) in [7, 11) is 0. The van der Waals surface area contributed by atoms with Crippen LogP contribution in [-0.4, -0.2) is 10.9 Å². The largest absolute Gasteiger partial charge is 0.354 e. The van der Waals surface area contributed by atoms with Gasteiger partial charge in [0.05, 0.1) is 11.9 Å². The fraction of sp³-hybridized carbons (Fsp3) is 0.250. The summed E-state index contributed by atoms with van der Waals surface area (Å²) in [4.78, 5) is 15.8. The van der Waals surface area contributed by atoms with Crippen molar-refractivity contribution in [2.24, 2.45) is 0 Å². The summed E-state index contributed by atoms with van der Waals surface area (Å²) in [6.07, 6.45) is 4.02. The Kier molecular flexibility index (Phi) is 6.04. The van der Waals surface area contributed by atoms with Crippen LogP contribution in [0.3, 0.4) is 0 Å². The van der Waals surface area contributed by atoms with Gasteiger partial charge in [0.2, 0.25) is 5.91 Å². The highest BCUT2D eigenvalue weighted by Gasteiger charge is 2.03. The molecule has 2 rings (SSSR count). The quantitative estimate of drug-likeness (QED) is 0.755. The first-order valence-corrected chi connectivity index (χ1v) is 7.81. The molecular formula is C16H17Cl2N3O. The lowest BCUT2D eigenvalue weighted by Crippen LogP contribution is -2.12. The average molecular weight is 338 g/mol. The number of anilines is 3. The molecule has 0 aliphatic carbocycles. The van der Waals surface area contributed by atoms with E-state index < -0.39 is 0 Å². The number of aromatic nitrogens is 1. The number of unbranched alkanes of at least 4 members (excludes halogenated alkanes) is 1. The molecule has 0 fully saturated rings. The van der Waals surface area contributed by atoms with Gasteiger partial charge in [0, 0.05) is 22.2 Å². The molecule has 2 aromatic rings. The predicted molar refractivity (Wildman–Crippen MR) is 92.1 cm³/mol. The lowest BCUT2D eigenvalue weighted by Gasteiger charge is -2.08. The molecule has 4 nitrogen and oxygen atoms in total. The molecule has 0 spiro atoms. The van der Waals surface area contributed by atoms with Gasteiger partial charge >= 0.3 is 0 Å². The van der Waals surface area contributed by atoms with Crippen molar-refractivity contribution in [3.05, 3.63) is 46.6 Å². The van der Waals surface area contributed by atoms with Crippen LogP contribution in [0.1, 0.15) is 26.2 Å². The second kappa shape index (κ2) is 8.01. The van der Waals surface area contributed by atoms with Crippen LogP contribution in [0.25, 0.3) is 0 Å². The maximum atomic E-state index is 11.6. The van der Waals surface area contributed by atoms with Crippen molar-refractivity contribution in [2.45, 2.75) is 26.2 Å². The summed E-state index contributed by atoms with van der Waals surface area (Å²) in [6.45, 7) is 2.05. The lowest BCUT2D eigenvalue weighted by molar-refractivity contribution is -0.116. The van der Waals surface area contributed by atoms with Crippen LogP contribution in [0.2, 0.25) is 10.0 Å². The van der Waals surface area contributed by atoms with Crippen molar-refractivity contribution in [1.29, 1.82) is 0 Å². The fourth-order valence-electron chi connectivity index (χ4n) is 1.88. The van der Waals surface area contributed by atoms with Gasteiger partial charge in [-0.15, -0.1) is 0 Å². The van der Waals surface area contributed by atoms with E-state index in [1.165, 1.54) is 0 Å². The molecule has 0 aliphatic heterocycles. The van der Waals surface area contributed by atoms with Gasteiger partial charge in [0.1, 0.15) is 5.82 Å². The summed E-state index contributed by atoms with van der Waals surface area (Å²) in [5.41, 5.74) is 1.56. The van der Waals surface area contributed by atoms with E-state index in [4.69, 9.17) is 23.2 Å². The normalized spacial score (nSPS) is 10.3. The minimum absolute atomic E-state index is 0.0170. The molecule has 1 amide bonds. The summed E-state index contributed by atoms with van der Waals surface area (Å²) >= 11 is 11.9. The minimum atomic E-state index is -0.0170. The third kappa shape index (κ3) is 5.20. The number of amides is 1. The Hall–Kier alpha value is -1.78.